The van der Waals surface area contributed by atoms with Crippen LogP contribution in [0.4, 0.5) is 5.69 Å². The molecule has 0 spiro atoms. The van der Waals surface area contributed by atoms with E-state index in [9.17, 15) is 14.4 Å². The van der Waals surface area contributed by atoms with Gasteiger partial charge < -0.3 is 10.0 Å². The van der Waals surface area contributed by atoms with Crippen LogP contribution in [0, 0.1) is 0 Å². The van der Waals surface area contributed by atoms with Gasteiger partial charge in [-0.2, -0.15) is 0 Å². The molecule has 0 saturated carbocycles. The number of benzene rings is 1. The Morgan fingerprint density at radius 3 is 2.76 bits per heavy atom. The van der Waals surface area contributed by atoms with Crippen molar-refractivity contribution in [3.05, 3.63) is 50.7 Å². The number of fused-ring (bicyclic) bond motifs is 1. The first-order chi connectivity index (χ1) is 9.99. The van der Waals surface area contributed by atoms with Gasteiger partial charge in [0.2, 0.25) is 0 Å². The molecule has 0 saturated heterocycles. The number of anilines is 1. The molecule has 21 heavy (non-hydrogen) atoms. The van der Waals surface area contributed by atoms with Gasteiger partial charge in [0.05, 0.1) is 17.8 Å². The Balaban J connectivity index is 2.02. The van der Waals surface area contributed by atoms with Crippen LogP contribution in [0.15, 0.2) is 29.6 Å². The molecular formula is C14H8ClNO4S. The van der Waals surface area contributed by atoms with Gasteiger partial charge in [-0.1, -0.05) is 11.6 Å². The number of thiophene rings is 1. The lowest BCUT2D eigenvalue weighted by atomic mass is 10.1. The van der Waals surface area contributed by atoms with Crippen LogP contribution in [0.25, 0.3) is 0 Å². The molecule has 2 aromatic rings. The maximum Gasteiger partial charge on any atom is 0.346 e. The van der Waals surface area contributed by atoms with Gasteiger partial charge in [-0.15, -0.1) is 11.3 Å². The van der Waals surface area contributed by atoms with Crippen molar-refractivity contribution in [3.63, 3.8) is 0 Å². The normalized spacial score (nSPS) is 13.7. The minimum Gasteiger partial charge on any atom is -0.477 e. The summed E-state index contributed by atoms with van der Waals surface area (Å²) in [7, 11) is 0. The number of hydrogen-bond acceptors (Lipinski definition) is 4. The lowest BCUT2D eigenvalue weighted by Crippen LogP contribution is -2.29. The Morgan fingerprint density at radius 1 is 1.29 bits per heavy atom. The topological polar surface area (TPSA) is 74.7 Å². The van der Waals surface area contributed by atoms with Crippen LogP contribution in [0.1, 0.15) is 25.6 Å². The summed E-state index contributed by atoms with van der Waals surface area (Å²) in [6.07, 6.45) is 0. The fourth-order valence-electron chi connectivity index (χ4n) is 2.24. The molecule has 1 aliphatic rings. The van der Waals surface area contributed by atoms with E-state index in [0.717, 1.165) is 11.3 Å². The lowest BCUT2D eigenvalue weighted by molar-refractivity contribution is -0.114. The summed E-state index contributed by atoms with van der Waals surface area (Å²) in [6.45, 7) is 0.0308. The Kier molecular flexibility index (Phi) is 3.27. The van der Waals surface area contributed by atoms with E-state index in [0.29, 0.717) is 16.3 Å². The number of hydrogen-bond donors (Lipinski definition) is 1. The van der Waals surface area contributed by atoms with Crippen LogP contribution in [0.5, 0.6) is 0 Å². The summed E-state index contributed by atoms with van der Waals surface area (Å²) in [4.78, 5) is 36.5. The van der Waals surface area contributed by atoms with E-state index < -0.39 is 17.7 Å². The van der Waals surface area contributed by atoms with E-state index in [4.69, 9.17) is 16.7 Å². The maximum atomic E-state index is 12.1. The van der Waals surface area contributed by atoms with Crippen molar-refractivity contribution in [2.45, 2.75) is 6.54 Å². The van der Waals surface area contributed by atoms with Crippen LogP contribution < -0.4 is 4.90 Å². The number of carbonyl (C=O) groups is 3. The molecule has 0 atom stereocenters. The Hall–Kier alpha value is -2.18. The molecule has 1 aromatic heterocycles. The summed E-state index contributed by atoms with van der Waals surface area (Å²) >= 11 is 6.99. The summed E-state index contributed by atoms with van der Waals surface area (Å²) in [5.74, 6) is -2.33. The number of carboxylic acid groups (broad SMARTS) is 1. The summed E-state index contributed by atoms with van der Waals surface area (Å²) < 4.78 is 0. The predicted molar refractivity (Wildman–Crippen MR) is 78.3 cm³/mol. The van der Waals surface area contributed by atoms with Crippen LogP contribution >= 0.6 is 22.9 Å². The minimum absolute atomic E-state index is 0.0308. The van der Waals surface area contributed by atoms with Crippen molar-refractivity contribution in [3.8, 4) is 0 Å². The van der Waals surface area contributed by atoms with Crippen molar-refractivity contribution in [2.24, 2.45) is 0 Å². The SMILES string of the molecule is O=C1C(=O)N(Cc2ccsc2C(=O)O)c2cc(Cl)ccc21. The molecule has 1 N–H and O–H groups in total. The number of aromatic carboxylic acids is 1. The standard InChI is InChI=1S/C14H8ClNO4S/c15-8-1-2-9-10(5-8)16(13(18)11(9)17)6-7-3-4-21-12(7)14(19)20/h1-5H,6H2,(H,19,20). The predicted octanol–water partition coefficient (Wildman–Crippen LogP) is 2.83. The van der Waals surface area contributed by atoms with Crippen LogP contribution in [0.2, 0.25) is 5.02 Å². The van der Waals surface area contributed by atoms with Gasteiger partial charge in [-0.3, -0.25) is 9.59 Å². The number of Topliss-reactive ketones (excluding diaryl/α,β-unsaturated/α-hetero) is 1. The second-order valence-electron chi connectivity index (χ2n) is 4.46. The zero-order chi connectivity index (χ0) is 15.1. The average Bonchev–Trinajstić information content (AvgIpc) is 2.99. The number of carboxylic acids is 1. The second kappa shape index (κ2) is 4.98. The molecule has 2 heterocycles. The Labute approximate surface area is 128 Å². The number of nitrogens with zero attached hydrogens (tertiary/aromatic N) is 1. The van der Waals surface area contributed by atoms with Gasteiger partial charge in [-0.05, 0) is 35.2 Å². The molecule has 0 unspecified atom stereocenters. The van der Waals surface area contributed by atoms with Gasteiger partial charge in [-0.25, -0.2) is 4.79 Å². The molecule has 0 aliphatic carbocycles. The molecule has 1 aromatic carbocycles. The van der Waals surface area contributed by atoms with Gasteiger partial charge >= 0.3 is 5.97 Å². The fourth-order valence-corrected chi connectivity index (χ4v) is 3.16. The Morgan fingerprint density at radius 2 is 2.05 bits per heavy atom. The van der Waals surface area contributed by atoms with Gasteiger partial charge in [0.25, 0.3) is 11.7 Å². The number of rotatable bonds is 3. The fraction of sp³-hybridized carbons (Fsp3) is 0.0714. The smallest absolute Gasteiger partial charge is 0.346 e. The van der Waals surface area contributed by atoms with Crippen molar-refractivity contribution < 1.29 is 19.5 Å². The van der Waals surface area contributed by atoms with Crippen LogP contribution in [-0.4, -0.2) is 22.8 Å². The molecule has 0 bridgehead atoms. The maximum absolute atomic E-state index is 12.1. The molecule has 7 heteroatoms. The summed E-state index contributed by atoms with van der Waals surface area (Å²) in [5, 5.41) is 11.2. The Bertz CT molecular complexity index is 783. The van der Waals surface area contributed by atoms with E-state index in [1.165, 1.54) is 17.0 Å². The van der Waals surface area contributed by atoms with Crippen molar-refractivity contribution >= 4 is 46.3 Å². The molecule has 1 aliphatic heterocycles. The van der Waals surface area contributed by atoms with Crippen molar-refractivity contribution in [2.75, 3.05) is 4.90 Å². The van der Waals surface area contributed by atoms with Gasteiger partial charge in [0, 0.05) is 5.02 Å². The van der Waals surface area contributed by atoms with E-state index in [-0.39, 0.29) is 17.0 Å². The average molecular weight is 322 g/mol. The highest BCUT2D eigenvalue weighted by atomic mass is 35.5. The zero-order valence-corrected chi connectivity index (χ0v) is 12.1. The molecular weight excluding hydrogens is 314 g/mol. The quantitative estimate of drug-likeness (QED) is 0.882. The first-order valence-corrected chi connectivity index (χ1v) is 7.20. The first-order valence-electron chi connectivity index (χ1n) is 5.94. The van der Waals surface area contributed by atoms with Gasteiger partial charge in [0.15, 0.2) is 0 Å². The third kappa shape index (κ3) is 2.22. The van der Waals surface area contributed by atoms with Gasteiger partial charge in [0.1, 0.15) is 4.88 Å². The number of amides is 1. The van der Waals surface area contributed by atoms with Crippen molar-refractivity contribution in [1.29, 1.82) is 0 Å². The highest BCUT2D eigenvalue weighted by Gasteiger charge is 2.36. The van der Waals surface area contributed by atoms with E-state index >= 15 is 0 Å². The monoisotopic (exact) mass is 321 g/mol. The van der Waals surface area contributed by atoms with E-state index in [1.54, 1.807) is 17.5 Å². The first kappa shape index (κ1) is 13.8. The summed E-state index contributed by atoms with van der Waals surface area (Å²) in [5.41, 5.74) is 1.19. The molecule has 0 fully saturated rings. The van der Waals surface area contributed by atoms with Crippen LogP contribution in [-0.2, 0) is 11.3 Å². The number of halogens is 1. The molecule has 0 radical (unpaired) electrons. The van der Waals surface area contributed by atoms with E-state index in [1.807, 2.05) is 0 Å². The molecule has 5 nitrogen and oxygen atoms in total. The highest BCUT2D eigenvalue weighted by Crippen LogP contribution is 2.33. The second-order valence-corrected chi connectivity index (χ2v) is 5.81. The lowest BCUT2D eigenvalue weighted by Gasteiger charge is -2.16. The van der Waals surface area contributed by atoms with Crippen molar-refractivity contribution in [1.82, 2.24) is 0 Å². The summed E-state index contributed by atoms with van der Waals surface area (Å²) in [6, 6.07) is 6.22. The molecule has 1 amide bonds. The molecule has 3 rings (SSSR count). The third-order valence-electron chi connectivity index (χ3n) is 3.20. The third-order valence-corrected chi connectivity index (χ3v) is 4.38. The minimum atomic E-state index is -1.05. The van der Waals surface area contributed by atoms with Crippen LogP contribution in [0.3, 0.4) is 0 Å². The highest BCUT2D eigenvalue weighted by molar-refractivity contribution is 7.12. The zero-order valence-electron chi connectivity index (χ0n) is 10.5. The number of carbonyl (C=O) groups excluding carboxylic acids is 2. The molecule has 106 valence electrons. The largest absolute Gasteiger partial charge is 0.477 e. The van der Waals surface area contributed by atoms with E-state index in [2.05, 4.69) is 0 Å². The number of ketones is 1.